The van der Waals surface area contributed by atoms with Gasteiger partial charge in [-0.3, -0.25) is 9.59 Å². The molecule has 1 aromatic rings. The summed E-state index contributed by atoms with van der Waals surface area (Å²) in [6.45, 7) is 0. The smallest absolute Gasteiger partial charge is 0.507 e. The number of aromatic hydroxyl groups is 1. The lowest BCUT2D eigenvalue weighted by Gasteiger charge is -2.47. The number of allylic oxidation sites excluding steroid dienone is 1. The molecular formula is C21H17NO8. The Morgan fingerprint density at radius 3 is 2.63 bits per heavy atom. The maximum absolute atomic E-state index is 13.6. The van der Waals surface area contributed by atoms with Gasteiger partial charge in [-0.1, -0.05) is 12.1 Å². The van der Waals surface area contributed by atoms with Crippen molar-refractivity contribution in [2.45, 2.75) is 24.9 Å². The molecule has 0 aliphatic heterocycles. The predicted octanol–water partition coefficient (Wildman–Crippen LogP) is 2.25. The van der Waals surface area contributed by atoms with Crippen molar-refractivity contribution < 1.29 is 39.2 Å². The standard InChI is InChI=1S/C21H17NO8/c1-29-20(28)30-21-11(7-14(24)12(8-22)18(21)26)6-10-5-9-3-2-4-13(23)15(9)17(25)16(10)19(21)27/h2-4,10-11,23,25-26H,5-7H2,1H3/t10-,11-,21+/m0/s1. The zero-order valence-corrected chi connectivity index (χ0v) is 15.8. The van der Waals surface area contributed by atoms with Crippen LogP contribution in [0.25, 0.3) is 5.76 Å². The van der Waals surface area contributed by atoms with Crippen LogP contribution < -0.4 is 0 Å². The van der Waals surface area contributed by atoms with Crippen molar-refractivity contribution in [1.29, 1.82) is 5.26 Å². The monoisotopic (exact) mass is 411 g/mol. The quantitative estimate of drug-likeness (QED) is 0.590. The number of phenolic OH excluding ortho intramolecular Hbond substituents is 1. The molecule has 0 spiro atoms. The van der Waals surface area contributed by atoms with E-state index in [0.717, 1.165) is 7.11 Å². The van der Waals surface area contributed by atoms with E-state index >= 15 is 0 Å². The highest BCUT2D eigenvalue weighted by Gasteiger charge is 2.63. The fourth-order valence-corrected chi connectivity index (χ4v) is 4.75. The fraction of sp³-hybridized carbons (Fsp3) is 0.333. The average Bonchev–Trinajstić information content (AvgIpc) is 2.70. The van der Waals surface area contributed by atoms with Gasteiger partial charge in [0.2, 0.25) is 11.4 Å². The number of rotatable bonds is 1. The Labute approximate surface area is 170 Å². The highest BCUT2D eigenvalue weighted by atomic mass is 16.7. The van der Waals surface area contributed by atoms with Crippen LogP contribution in [0.2, 0.25) is 0 Å². The molecule has 0 radical (unpaired) electrons. The molecule has 0 heterocycles. The van der Waals surface area contributed by atoms with Gasteiger partial charge < -0.3 is 24.8 Å². The maximum atomic E-state index is 13.6. The minimum atomic E-state index is -2.37. The molecular weight excluding hydrogens is 394 g/mol. The summed E-state index contributed by atoms with van der Waals surface area (Å²) < 4.78 is 9.72. The van der Waals surface area contributed by atoms with Gasteiger partial charge in [-0.2, -0.15) is 5.26 Å². The number of benzene rings is 1. The molecule has 9 heteroatoms. The number of carbonyl (C=O) groups is 3. The molecule has 9 nitrogen and oxygen atoms in total. The number of carbonyl (C=O) groups excluding carboxylic acids is 3. The van der Waals surface area contributed by atoms with Gasteiger partial charge in [0.15, 0.2) is 11.5 Å². The van der Waals surface area contributed by atoms with Crippen LogP contribution in [0.1, 0.15) is 24.0 Å². The van der Waals surface area contributed by atoms with Crippen molar-refractivity contribution in [2.24, 2.45) is 11.8 Å². The van der Waals surface area contributed by atoms with Gasteiger partial charge in [-0.05, 0) is 30.4 Å². The first-order valence-electron chi connectivity index (χ1n) is 9.19. The van der Waals surface area contributed by atoms with Crippen molar-refractivity contribution in [3.05, 3.63) is 46.2 Å². The lowest BCUT2D eigenvalue weighted by atomic mass is 9.59. The summed E-state index contributed by atoms with van der Waals surface area (Å²) in [5.74, 6) is -4.78. The molecule has 1 saturated carbocycles. The first kappa shape index (κ1) is 19.5. The summed E-state index contributed by atoms with van der Waals surface area (Å²) in [4.78, 5) is 37.9. The number of nitriles is 1. The van der Waals surface area contributed by atoms with E-state index in [-0.39, 0.29) is 29.7 Å². The number of nitrogens with zero attached hydrogens (tertiary/aromatic N) is 1. The van der Waals surface area contributed by atoms with Crippen LogP contribution >= 0.6 is 0 Å². The molecule has 0 saturated heterocycles. The Morgan fingerprint density at radius 1 is 1.23 bits per heavy atom. The molecule has 3 N–H and O–H groups in total. The van der Waals surface area contributed by atoms with Crippen molar-refractivity contribution in [3.63, 3.8) is 0 Å². The lowest BCUT2D eigenvalue weighted by molar-refractivity contribution is -0.151. The van der Waals surface area contributed by atoms with E-state index in [1.807, 2.05) is 0 Å². The molecule has 1 aromatic carbocycles. The number of ether oxygens (including phenoxy) is 2. The summed E-state index contributed by atoms with van der Waals surface area (Å²) in [7, 11) is 1.01. The number of hydrogen-bond donors (Lipinski definition) is 3. The van der Waals surface area contributed by atoms with Crippen LogP contribution in [-0.4, -0.2) is 45.8 Å². The summed E-state index contributed by atoms with van der Waals surface area (Å²) in [6.07, 6.45) is -1.17. The third-order valence-corrected chi connectivity index (χ3v) is 6.04. The molecule has 1 fully saturated rings. The highest BCUT2D eigenvalue weighted by Crippen LogP contribution is 2.53. The van der Waals surface area contributed by atoms with Crippen LogP contribution in [0.15, 0.2) is 35.1 Å². The Morgan fingerprint density at radius 2 is 1.97 bits per heavy atom. The van der Waals surface area contributed by atoms with Crippen LogP contribution in [0.4, 0.5) is 4.79 Å². The third kappa shape index (κ3) is 2.43. The second-order valence-electron chi connectivity index (χ2n) is 7.49. The molecule has 0 bridgehead atoms. The fourth-order valence-electron chi connectivity index (χ4n) is 4.75. The largest absolute Gasteiger partial charge is 0.509 e. The number of aliphatic hydroxyl groups is 2. The maximum Gasteiger partial charge on any atom is 0.509 e. The normalized spacial score (nSPS) is 27.6. The van der Waals surface area contributed by atoms with E-state index in [1.54, 1.807) is 18.2 Å². The predicted molar refractivity (Wildman–Crippen MR) is 99.1 cm³/mol. The van der Waals surface area contributed by atoms with Gasteiger partial charge in [0.1, 0.15) is 23.2 Å². The summed E-state index contributed by atoms with van der Waals surface area (Å²) >= 11 is 0. The van der Waals surface area contributed by atoms with Gasteiger partial charge >= 0.3 is 6.16 Å². The molecule has 0 aromatic heterocycles. The first-order chi connectivity index (χ1) is 14.3. The van der Waals surface area contributed by atoms with Crippen LogP contribution in [0.3, 0.4) is 0 Å². The van der Waals surface area contributed by atoms with Crippen molar-refractivity contribution >= 4 is 23.5 Å². The van der Waals surface area contributed by atoms with E-state index in [1.165, 1.54) is 6.07 Å². The summed E-state index contributed by atoms with van der Waals surface area (Å²) in [5.41, 5.74) is -2.48. The zero-order chi connectivity index (χ0) is 21.8. The van der Waals surface area contributed by atoms with Gasteiger partial charge in [0.25, 0.3) is 0 Å². The van der Waals surface area contributed by atoms with E-state index < -0.39 is 52.3 Å². The van der Waals surface area contributed by atoms with E-state index in [4.69, 9.17) is 4.74 Å². The summed E-state index contributed by atoms with van der Waals surface area (Å²) in [6, 6.07) is 6.23. The van der Waals surface area contributed by atoms with Crippen LogP contribution in [0, 0.1) is 23.2 Å². The number of hydrogen-bond acceptors (Lipinski definition) is 9. The molecule has 0 amide bonds. The topological polar surface area (TPSA) is 154 Å². The lowest BCUT2D eigenvalue weighted by Crippen LogP contribution is -2.59. The number of ketones is 2. The Hall–Kier alpha value is -3.80. The molecule has 3 aliphatic rings. The van der Waals surface area contributed by atoms with E-state index in [9.17, 15) is 35.0 Å². The molecule has 30 heavy (non-hydrogen) atoms. The third-order valence-electron chi connectivity index (χ3n) is 6.04. The molecule has 154 valence electrons. The van der Waals surface area contributed by atoms with Crippen molar-refractivity contribution in [2.75, 3.05) is 7.11 Å². The first-order valence-corrected chi connectivity index (χ1v) is 9.19. The van der Waals surface area contributed by atoms with E-state index in [0.29, 0.717) is 12.0 Å². The molecule has 0 unspecified atom stereocenters. The Balaban J connectivity index is 1.98. The highest BCUT2D eigenvalue weighted by molar-refractivity contribution is 6.14. The number of Topliss-reactive ketones (excluding diaryl/α,β-unsaturated/α-hetero) is 2. The van der Waals surface area contributed by atoms with Crippen molar-refractivity contribution in [1.82, 2.24) is 0 Å². The SMILES string of the molecule is COC(=O)O[C@]12C(=O)C3=C(O)c4c(O)cccc4C[C@H]3C[C@H]1CC(=O)C(C#N)=C2O. The Bertz CT molecular complexity index is 1110. The molecule has 3 aliphatic carbocycles. The average molecular weight is 411 g/mol. The minimum Gasteiger partial charge on any atom is -0.507 e. The van der Waals surface area contributed by atoms with Crippen molar-refractivity contribution in [3.8, 4) is 11.8 Å². The summed E-state index contributed by atoms with van der Waals surface area (Å²) in [5, 5.41) is 41.1. The second-order valence-corrected chi connectivity index (χ2v) is 7.49. The molecule has 3 atom stereocenters. The number of methoxy groups -OCH3 is 1. The minimum absolute atomic E-state index is 0.0830. The Kier molecular flexibility index (Phi) is 4.31. The van der Waals surface area contributed by atoms with Gasteiger partial charge in [0, 0.05) is 17.9 Å². The number of fused-ring (bicyclic) bond motifs is 3. The van der Waals surface area contributed by atoms with Gasteiger partial charge in [-0.15, -0.1) is 0 Å². The number of aliphatic hydroxyl groups excluding tert-OH is 2. The molecule has 4 rings (SSSR count). The zero-order valence-electron chi connectivity index (χ0n) is 15.8. The van der Waals surface area contributed by atoms with E-state index in [2.05, 4.69) is 4.74 Å². The van der Waals surface area contributed by atoms with Crippen LogP contribution in [-0.2, 0) is 25.5 Å². The van der Waals surface area contributed by atoms with Gasteiger partial charge in [-0.25, -0.2) is 4.79 Å². The van der Waals surface area contributed by atoms with Crippen LogP contribution in [0.5, 0.6) is 5.75 Å². The number of phenols is 1. The van der Waals surface area contributed by atoms with Gasteiger partial charge in [0.05, 0.1) is 12.7 Å². The second kappa shape index (κ2) is 6.62.